The maximum atomic E-state index is 11.8. The van der Waals surface area contributed by atoms with Gasteiger partial charge in [-0.2, -0.15) is 0 Å². The Morgan fingerprint density at radius 3 is 2.94 bits per heavy atom. The molecule has 0 aliphatic rings. The van der Waals surface area contributed by atoms with Crippen molar-refractivity contribution in [2.24, 2.45) is 5.73 Å². The monoisotopic (exact) mass is 226 g/mol. The Hall–Kier alpha value is -1.33. The highest BCUT2D eigenvalue weighted by molar-refractivity contribution is 5.17. The number of rotatable bonds is 7. The Bertz CT molecular complexity index is 362. The van der Waals surface area contributed by atoms with Gasteiger partial charge < -0.3 is 20.1 Å². The smallest absolute Gasteiger partial charge is 0.292 e. The van der Waals surface area contributed by atoms with Crippen molar-refractivity contribution in [1.29, 1.82) is 0 Å². The normalized spacial score (nSPS) is 10.4. The highest BCUT2D eigenvalue weighted by atomic mass is 16.5. The molecule has 0 aromatic carbocycles. The van der Waals surface area contributed by atoms with E-state index >= 15 is 0 Å². The molecule has 16 heavy (non-hydrogen) atoms. The second-order valence-electron chi connectivity index (χ2n) is 3.44. The van der Waals surface area contributed by atoms with Crippen molar-refractivity contribution in [2.45, 2.75) is 19.4 Å². The fourth-order valence-corrected chi connectivity index (χ4v) is 1.31. The molecule has 0 spiro atoms. The second kappa shape index (κ2) is 7.03. The van der Waals surface area contributed by atoms with Crippen LogP contribution in [0.3, 0.4) is 0 Å². The first-order valence-electron chi connectivity index (χ1n) is 5.42. The van der Waals surface area contributed by atoms with Crippen LogP contribution in [0.25, 0.3) is 0 Å². The molecular formula is C11H18N2O3. The van der Waals surface area contributed by atoms with E-state index in [0.717, 1.165) is 6.42 Å². The molecule has 1 aromatic heterocycles. The number of pyridine rings is 1. The average molecular weight is 226 g/mol. The van der Waals surface area contributed by atoms with Gasteiger partial charge in [0, 0.05) is 25.8 Å². The third-order valence-corrected chi connectivity index (χ3v) is 2.15. The molecule has 0 radical (unpaired) electrons. The van der Waals surface area contributed by atoms with E-state index in [9.17, 15) is 4.79 Å². The third kappa shape index (κ3) is 3.67. The molecule has 3 N–H and O–H groups in total. The molecule has 0 saturated carbocycles. The number of aliphatic hydroxyl groups is 1. The van der Waals surface area contributed by atoms with Gasteiger partial charge in [0.25, 0.3) is 5.56 Å². The van der Waals surface area contributed by atoms with Crippen molar-refractivity contribution in [2.75, 3.05) is 19.8 Å². The first kappa shape index (κ1) is 12.7. The molecule has 0 fully saturated rings. The summed E-state index contributed by atoms with van der Waals surface area (Å²) in [5, 5.41) is 8.61. The highest BCUT2D eigenvalue weighted by Gasteiger charge is 2.03. The van der Waals surface area contributed by atoms with Gasteiger partial charge in [0.2, 0.25) is 0 Å². The lowest BCUT2D eigenvalue weighted by Crippen LogP contribution is -2.22. The van der Waals surface area contributed by atoms with E-state index < -0.39 is 0 Å². The summed E-state index contributed by atoms with van der Waals surface area (Å²) in [6, 6.07) is 3.41. The molecule has 0 saturated heterocycles. The summed E-state index contributed by atoms with van der Waals surface area (Å²) in [7, 11) is 0. The quantitative estimate of drug-likeness (QED) is 0.639. The van der Waals surface area contributed by atoms with E-state index in [4.69, 9.17) is 15.6 Å². The van der Waals surface area contributed by atoms with Gasteiger partial charge in [-0.25, -0.2) is 0 Å². The van der Waals surface area contributed by atoms with Crippen molar-refractivity contribution in [1.82, 2.24) is 4.57 Å². The van der Waals surface area contributed by atoms with Gasteiger partial charge in [0.1, 0.15) is 0 Å². The average Bonchev–Trinajstić information content (AvgIpc) is 2.30. The molecule has 0 bridgehead atoms. The zero-order chi connectivity index (χ0) is 11.8. The predicted octanol–water partition coefficient (Wildman–Crippen LogP) is -0.0417. The molecule has 1 heterocycles. The number of aliphatic hydroxyl groups excluding tert-OH is 1. The zero-order valence-electron chi connectivity index (χ0n) is 9.26. The van der Waals surface area contributed by atoms with Crippen LogP contribution >= 0.6 is 0 Å². The third-order valence-electron chi connectivity index (χ3n) is 2.15. The largest absolute Gasteiger partial charge is 0.488 e. The van der Waals surface area contributed by atoms with Crippen molar-refractivity contribution < 1.29 is 9.84 Å². The summed E-state index contributed by atoms with van der Waals surface area (Å²) >= 11 is 0. The summed E-state index contributed by atoms with van der Waals surface area (Å²) in [6.07, 6.45) is 3.01. The maximum Gasteiger partial charge on any atom is 0.292 e. The van der Waals surface area contributed by atoms with E-state index in [-0.39, 0.29) is 12.2 Å². The molecule has 1 rings (SSSR count). The molecule has 0 atom stereocenters. The standard InChI is InChI=1S/C11H18N2O3/c12-5-2-7-13-6-1-4-10(11(13)15)16-9-3-8-14/h1,4,6,14H,2-3,5,7-9,12H2. The lowest BCUT2D eigenvalue weighted by molar-refractivity contribution is 0.231. The van der Waals surface area contributed by atoms with Crippen molar-refractivity contribution in [3.05, 3.63) is 28.7 Å². The van der Waals surface area contributed by atoms with Crippen LogP contribution in [0.4, 0.5) is 0 Å². The fourth-order valence-electron chi connectivity index (χ4n) is 1.31. The van der Waals surface area contributed by atoms with Gasteiger partial charge in [0.05, 0.1) is 6.61 Å². The minimum Gasteiger partial charge on any atom is -0.488 e. The van der Waals surface area contributed by atoms with Crippen LogP contribution < -0.4 is 16.0 Å². The fraction of sp³-hybridized carbons (Fsp3) is 0.545. The van der Waals surface area contributed by atoms with Crippen LogP contribution in [0.2, 0.25) is 0 Å². The van der Waals surface area contributed by atoms with E-state index in [1.54, 1.807) is 22.9 Å². The van der Waals surface area contributed by atoms with Gasteiger partial charge in [-0.05, 0) is 25.1 Å². The van der Waals surface area contributed by atoms with Gasteiger partial charge in [-0.1, -0.05) is 0 Å². The van der Waals surface area contributed by atoms with Gasteiger partial charge in [-0.3, -0.25) is 4.79 Å². The summed E-state index contributed by atoms with van der Waals surface area (Å²) in [4.78, 5) is 11.8. The van der Waals surface area contributed by atoms with Gasteiger partial charge in [0.15, 0.2) is 5.75 Å². The highest BCUT2D eigenvalue weighted by Crippen LogP contribution is 2.02. The first-order valence-corrected chi connectivity index (χ1v) is 5.42. The number of nitrogens with two attached hydrogens (primary N) is 1. The van der Waals surface area contributed by atoms with Crippen LogP contribution in [0.15, 0.2) is 23.1 Å². The molecular weight excluding hydrogens is 208 g/mol. The molecule has 5 nitrogen and oxygen atoms in total. The maximum absolute atomic E-state index is 11.8. The summed E-state index contributed by atoms with van der Waals surface area (Å²) in [6.45, 7) is 1.58. The van der Waals surface area contributed by atoms with E-state index in [2.05, 4.69) is 0 Å². The summed E-state index contributed by atoms with van der Waals surface area (Å²) < 4.78 is 6.86. The summed E-state index contributed by atoms with van der Waals surface area (Å²) in [5.74, 6) is 0.327. The Morgan fingerprint density at radius 2 is 2.25 bits per heavy atom. The minimum atomic E-state index is -0.145. The predicted molar refractivity (Wildman–Crippen MR) is 61.6 cm³/mol. The minimum absolute atomic E-state index is 0.0637. The van der Waals surface area contributed by atoms with Crippen molar-refractivity contribution in [3.63, 3.8) is 0 Å². The number of hydrogen-bond acceptors (Lipinski definition) is 4. The van der Waals surface area contributed by atoms with E-state index in [0.29, 0.717) is 31.9 Å². The number of hydrogen-bond donors (Lipinski definition) is 2. The topological polar surface area (TPSA) is 77.5 Å². The molecule has 0 unspecified atom stereocenters. The zero-order valence-corrected chi connectivity index (χ0v) is 9.26. The Balaban J connectivity index is 2.66. The number of aryl methyl sites for hydroxylation is 1. The van der Waals surface area contributed by atoms with Crippen LogP contribution in [0, 0.1) is 0 Å². The molecule has 1 aromatic rings. The van der Waals surface area contributed by atoms with E-state index in [1.165, 1.54) is 0 Å². The molecule has 0 aliphatic heterocycles. The number of ether oxygens (including phenoxy) is 1. The lowest BCUT2D eigenvalue weighted by Gasteiger charge is -2.08. The Kier molecular flexibility index (Phi) is 5.60. The van der Waals surface area contributed by atoms with Crippen LogP contribution in [-0.2, 0) is 6.54 Å². The molecule has 5 heteroatoms. The SMILES string of the molecule is NCCCn1cccc(OCCCO)c1=O. The van der Waals surface area contributed by atoms with Crippen molar-refractivity contribution in [3.8, 4) is 5.75 Å². The first-order chi connectivity index (χ1) is 7.79. The number of aromatic nitrogens is 1. The molecule has 0 aliphatic carbocycles. The lowest BCUT2D eigenvalue weighted by atomic mass is 10.4. The van der Waals surface area contributed by atoms with E-state index in [1.807, 2.05) is 0 Å². The summed E-state index contributed by atoms with van der Waals surface area (Å²) in [5.41, 5.74) is 5.24. The van der Waals surface area contributed by atoms with Crippen LogP contribution in [-0.4, -0.2) is 29.4 Å². The van der Waals surface area contributed by atoms with Crippen LogP contribution in [0.1, 0.15) is 12.8 Å². The molecule has 0 amide bonds. The van der Waals surface area contributed by atoms with Gasteiger partial charge in [-0.15, -0.1) is 0 Å². The van der Waals surface area contributed by atoms with Crippen molar-refractivity contribution >= 4 is 0 Å². The van der Waals surface area contributed by atoms with Crippen LogP contribution in [0.5, 0.6) is 5.75 Å². The molecule has 90 valence electrons. The second-order valence-corrected chi connectivity index (χ2v) is 3.44. The Labute approximate surface area is 94.5 Å². The Morgan fingerprint density at radius 1 is 1.44 bits per heavy atom. The number of nitrogens with zero attached hydrogens (tertiary/aromatic N) is 1. The van der Waals surface area contributed by atoms with Gasteiger partial charge >= 0.3 is 0 Å².